The predicted octanol–water partition coefficient (Wildman–Crippen LogP) is 3.74. The van der Waals surface area contributed by atoms with Gasteiger partial charge in [0.05, 0.1) is 5.38 Å². The smallest absolute Gasteiger partial charge is 0.302 e. The van der Waals surface area contributed by atoms with Gasteiger partial charge in [-0.15, -0.1) is 11.6 Å². The Labute approximate surface area is 108 Å². The molecule has 1 aliphatic rings. The van der Waals surface area contributed by atoms with Gasteiger partial charge in [0.1, 0.15) is 6.10 Å². The fraction of sp³-hybridized carbons (Fsp3) is 0.417. The maximum atomic E-state index is 11.0. The van der Waals surface area contributed by atoms with Crippen molar-refractivity contribution in [2.45, 2.75) is 29.7 Å². The van der Waals surface area contributed by atoms with Gasteiger partial charge in [-0.25, -0.2) is 0 Å². The zero-order valence-corrected chi connectivity index (χ0v) is 11.2. The molecule has 0 N–H and O–H groups in total. The van der Waals surface area contributed by atoms with Gasteiger partial charge in [-0.1, -0.05) is 40.2 Å². The van der Waals surface area contributed by atoms with Crippen LogP contribution in [-0.4, -0.2) is 12.1 Å². The number of hydrogen-bond acceptors (Lipinski definition) is 2. The van der Waals surface area contributed by atoms with E-state index in [1.54, 1.807) is 0 Å². The summed E-state index contributed by atoms with van der Waals surface area (Å²) in [6, 6.07) is 7.97. The van der Waals surface area contributed by atoms with Gasteiger partial charge in [0, 0.05) is 18.2 Å². The first kappa shape index (κ1) is 11.9. The molecular weight excluding hydrogens is 291 g/mol. The average Bonchev–Trinajstić information content (AvgIpc) is 2.25. The van der Waals surface area contributed by atoms with Gasteiger partial charge in [-0.3, -0.25) is 4.79 Å². The van der Waals surface area contributed by atoms with Crippen LogP contribution in [0, 0.1) is 0 Å². The van der Waals surface area contributed by atoms with Gasteiger partial charge in [0.15, 0.2) is 0 Å². The molecule has 0 bridgehead atoms. The minimum absolute atomic E-state index is 0.197. The highest BCUT2D eigenvalue weighted by Gasteiger charge is 2.34. The van der Waals surface area contributed by atoms with Crippen molar-refractivity contribution in [3.8, 4) is 0 Å². The summed E-state index contributed by atoms with van der Waals surface area (Å²) in [5.74, 6) is -0.283. The van der Waals surface area contributed by atoms with Gasteiger partial charge in [0.2, 0.25) is 0 Å². The summed E-state index contributed by atoms with van der Waals surface area (Å²) in [5.41, 5.74) is 2.23. The molecule has 0 spiro atoms. The zero-order valence-electron chi connectivity index (χ0n) is 8.82. The molecule has 1 aromatic carbocycles. The van der Waals surface area contributed by atoms with Crippen LogP contribution in [0.5, 0.6) is 0 Å². The Hall–Kier alpha value is -0.540. The Bertz CT molecular complexity index is 408. The van der Waals surface area contributed by atoms with Crippen molar-refractivity contribution in [3.63, 3.8) is 0 Å². The number of esters is 1. The summed E-state index contributed by atoms with van der Waals surface area (Å²) in [5, 5.41) is -0.256. The Balaban J connectivity index is 2.30. The normalized spacial score (nSPS) is 28.3. The van der Waals surface area contributed by atoms with E-state index in [2.05, 4.69) is 15.9 Å². The molecule has 16 heavy (non-hydrogen) atoms. The van der Waals surface area contributed by atoms with Crippen molar-refractivity contribution in [1.82, 2.24) is 0 Å². The van der Waals surface area contributed by atoms with Crippen molar-refractivity contribution in [2.75, 3.05) is 0 Å². The van der Waals surface area contributed by atoms with E-state index in [0.717, 1.165) is 5.56 Å². The quantitative estimate of drug-likeness (QED) is 0.583. The SMILES string of the molecule is CC(=O)O[C@H]1CC(Br)c2ccccc2[C@@H]1Cl. The number of rotatable bonds is 1. The van der Waals surface area contributed by atoms with Crippen LogP contribution in [0.2, 0.25) is 0 Å². The average molecular weight is 304 g/mol. The summed E-state index contributed by atoms with van der Waals surface area (Å²) >= 11 is 9.92. The topological polar surface area (TPSA) is 26.3 Å². The predicted molar refractivity (Wildman–Crippen MR) is 66.9 cm³/mol. The fourth-order valence-electron chi connectivity index (χ4n) is 2.02. The monoisotopic (exact) mass is 302 g/mol. The number of alkyl halides is 2. The van der Waals surface area contributed by atoms with E-state index in [1.807, 2.05) is 24.3 Å². The number of hydrogen-bond donors (Lipinski definition) is 0. The van der Waals surface area contributed by atoms with Crippen LogP contribution in [0.3, 0.4) is 0 Å². The molecule has 0 heterocycles. The maximum Gasteiger partial charge on any atom is 0.302 e. The third-order valence-corrected chi connectivity index (χ3v) is 4.10. The molecular formula is C12H12BrClO2. The van der Waals surface area contributed by atoms with E-state index >= 15 is 0 Å². The highest BCUT2D eigenvalue weighted by Crippen LogP contribution is 2.44. The van der Waals surface area contributed by atoms with E-state index in [0.29, 0.717) is 6.42 Å². The maximum absolute atomic E-state index is 11.0. The number of ether oxygens (including phenoxy) is 1. The standard InChI is InChI=1S/C12H12BrClO2/c1-7(15)16-11-6-10(13)8-4-2-3-5-9(8)12(11)14/h2-5,10-12H,6H2,1H3/t10?,11-,12-/m0/s1. The number of carbonyl (C=O) groups excluding carboxylic acids is 1. The Kier molecular flexibility index (Phi) is 3.55. The van der Waals surface area contributed by atoms with Gasteiger partial charge < -0.3 is 4.74 Å². The molecule has 86 valence electrons. The Morgan fingerprint density at radius 3 is 2.69 bits per heavy atom. The van der Waals surface area contributed by atoms with Crippen LogP contribution in [0.4, 0.5) is 0 Å². The molecule has 4 heteroatoms. The summed E-state index contributed by atoms with van der Waals surface area (Å²) in [4.78, 5) is 11.2. The van der Waals surface area contributed by atoms with Crippen LogP contribution in [0.15, 0.2) is 24.3 Å². The van der Waals surface area contributed by atoms with E-state index in [4.69, 9.17) is 16.3 Å². The number of benzene rings is 1. The van der Waals surface area contributed by atoms with Gasteiger partial charge >= 0.3 is 5.97 Å². The highest BCUT2D eigenvalue weighted by atomic mass is 79.9. The van der Waals surface area contributed by atoms with Gasteiger partial charge in [-0.05, 0) is 11.1 Å². The lowest BCUT2D eigenvalue weighted by molar-refractivity contribution is -0.147. The lowest BCUT2D eigenvalue weighted by atomic mass is 9.89. The van der Waals surface area contributed by atoms with Gasteiger partial charge in [0.25, 0.3) is 0 Å². The summed E-state index contributed by atoms with van der Waals surface area (Å²) in [7, 11) is 0. The first-order chi connectivity index (χ1) is 7.59. The van der Waals surface area contributed by atoms with Crippen LogP contribution in [0.1, 0.15) is 34.7 Å². The largest absolute Gasteiger partial charge is 0.461 e. The van der Waals surface area contributed by atoms with E-state index in [1.165, 1.54) is 12.5 Å². The van der Waals surface area contributed by atoms with Crippen molar-refractivity contribution >= 4 is 33.5 Å². The molecule has 1 aromatic rings. The number of carbonyl (C=O) groups is 1. The molecule has 1 unspecified atom stereocenters. The zero-order chi connectivity index (χ0) is 11.7. The van der Waals surface area contributed by atoms with E-state index in [-0.39, 0.29) is 22.3 Å². The molecule has 3 atom stereocenters. The summed E-state index contributed by atoms with van der Waals surface area (Å²) < 4.78 is 5.23. The molecule has 0 saturated carbocycles. The molecule has 0 fully saturated rings. The lowest BCUT2D eigenvalue weighted by Gasteiger charge is -2.32. The van der Waals surface area contributed by atoms with E-state index < -0.39 is 0 Å². The van der Waals surface area contributed by atoms with Crippen molar-refractivity contribution in [1.29, 1.82) is 0 Å². The molecule has 2 nitrogen and oxygen atoms in total. The lowest BCUT2D eigenvalue weighted by Crippen LogP contribution is -2.27. The van der Waals surface area contributed by atoms with Gasteiger partial charge in [-0.2, -0.15) is 0 Å². The number of halogens is 2. The highest BCUT2D eigenvalue weighted by molar-refractivity contribution is 9.09. The first-order valence-corrected chi connectivity index (χ1v) is 6.49. The minimum atomic E-state index is -0.283. The molecule has 2 rings (SSSR count). The second-order valence-corrected chi connectivity index (χ2v) is 5.46. The molecule has 1 aliphatic carbocycles. The molecule has 0 saturated heterocycles. The third-order valence-electron chi connectivity index (χ3n) is 2.71. The molecule has 0 aromatic heterocycles. The van der Waals surface area contributed by atoms with Crippen LogP contribution in [-0.2, 0) is 9.53 Å². The van der Waals surface area contributed by atoms with E-state index in [9.17, 15) is 4.79 Å². The van der Waals surface area contributed by atoms with Crippen LogP contribution in [0.25, 0.3) is 0 Å². The van der Waals surface area contributed by atoms with Crippen molar-refractivity contribution < 1.29 is 9.53 Å². The molecule has 0 radical (unpaired) electrons. The summed E-state index contributed by atoms with van der Waals surface area (Å²) in [6.45, 7) is 1.41. The molecule has 0 aliphatic heterocycles. The van der Waals surface area contributed by atoms with Crippen LogP contribution >= 0.6 is 27.5 Å². The minimum Gasteiger partial charge on any atom is -0.461 e. The molecule has 0 amide bonds. The Morgan fingerprint density at radius 1 is 1.44 bits per heavy atom. The first-order valence-electron chi connectivity index (χ1n) is 5.13. The van der Waals surface area contributed by atoms with Crippen molar-refractivity contribution in [3.05, 3.63) is 35.4 Å². The second kappa shape index (κ2) is 4.76. The number of fused-ring (bicyclic) bond motifs is 1. The Morgan fingerprint density at radius 2 is 2.06 bits per heavy atom. The van der Waals surface area contributed by atoms with Crippen molar-refractivity contribution in [2.24, 2.45) is 0 Å². The fourth-order valence-corrected chi connectivity index (χ4v) is 3.16. The van der Waals surface area contributed by atoms with Crippen LogP contribution < -0.4 is 0 Å². The summed E-state index contributed by atoms with van der Waals surface area (Å²) in [6.07, 6.45) is 0.462. The third kappa shape index (κ3) is 2.25. The second-order valence-electron chi connectivity index (χ2n) is 3.88.